The largest absolute Gasteiger partial charge is 0.497 e. The summed E-state index contributed by atoms with van der Waals surface area (Å²) in [5, 5.41) is 13.9. The van der Waals surface area contributed by atoms with E-state index in [2.05, 4.69) is 5.32 Å². The van der Waals surface area contributed by atoms with Crippen molar-refractivity contribution >= 4 is 0 Å². The van der Waals surface area contributed by atoms with Gasteiger partial charge < -0.3 is 15.2 Å². The SMILES string of the molecule is COc1cccc(C(O)CCNC2CCCCCCC2)c1. The number of methoxy groups -OCH3 is 1. The van der Waals surface area contributed by atoms with Crippen molar-refractivity contribution in [2.45, 2.75) is 63.5 Å². The summed E-state index contributed by atoms with van der Waals surface area (Å²) in [5.41, 5.74) is 0.939. The first-order valence-electron chi connectivity index (χ1n) is 8.35. The zero-order valence-corrected chi connectivity index (χ0v) is 13.2. The van der Waals surface area contributed by atoms with Gasteiger partial charge in [-0.3, -0.25) is 0 Å². The molecular weight excluding hydrogens is 262 g/mol. The van der Waals surface area contributed by atoms with Crippen LogP contribution < -0.4 is 10.1 Å². The van der Waals surface area contributed by atoms with Gasteiger partial charge in [0.15, 0.2) is 0 Å². The lowest BCUT2D eigenvalue weighted by molar-refractivity contribution is 0.164. The molecule has 0 spiro atoms. The number of rotatable bonds is 6. The summed E-state index contributed by atoms with van der Waals surface area (Å²) in [7, 11) is 1.65. The number of ether oxygens (including phenoxy) is 1. The Morgan fingerprint density at radius 1 is 1.19 bits per heavy atom. The summed E-state index contributed by atoms with van der Waals surface area (Å²) in [4.78, 5) is 0. The Morgan fingerprint density at radius 2 is 1.90 bits per heavy atom. The average Bonchev–Trinajstić information content (AvgIpc) is 2.49. The Kier molecular flexibility index (Phi) is 7.04. The summed E-state index contributed by atoms with van der Waals surface area (Å²) in [6.45, 7) is 0.878. The van der Waals surface area contributed by atoms with E-state index in [-0.39, 0.29) is 0 Å². The minimum atomic E-state index is -0.416. The lowest BCUT2D eigenvalue weighted by atomic mass is 9.96. The highest BCUT2D eigenvalue weighted by Gasteiger charge is 2.12. The van der Waals surface area contributed by atoms with Crippen molar-refractivity contribution in [2.24, 2.45) is 0 Å². The zero-order chi connectivity index (χ0) is 14.9. The van der Waals surface area contributed by atoms with E-state index >= 15 is 0 Å². The van der Waals surface area contributed by atoms with Crippen LogP contribution >= 0.6 is 0 Å². The summed E-state index contributed by atoms with van der Waals surface area (Å²) in [5.74, 6) is 0.805. The minimum absolute atomic E-state index is 0.416. The lowest BCUT2D eigenvalue weighted by Crippen LogP contribution is -2.31. The van der Waals surface area contributed by atoms with Crippen molar-refractivity contribution in [3.8, 4) is 5.75 Å². The van der Waals surface area contributed by atoms with Crippen LogP contribution in [0.2, 0.25) is 0 Å². The Hall–Kier alpha value is -1.06. The van der Waals surface area contributed by atoms with Gasteiger partial charge in [0.05, 0.1) is 13.2 Å². The van der Waals surface area contributed by atoms with Crippen LogP contribution in [0.4, 0.5) is 0 Å². The van der Waals surface area contributed by atoms with Gasteiger partial charge in [0.2, 0.25) is 0 Å². The molecule has 0 heterocycles. The van der Waals surface area contributed by atoms with E-state index in [1.165, 1.54) is 44.9 Å². The summed E-state index contributed by atoms with van der Waals surface area (Å²) >= 11 is 0. The third-order valence-electron chi connectivity index (χ3n) is 4.43. The van der Waals surface area contributed by atoms with Gasteiger partial charge in [-0.25, -0.2) is 0 Å². The normalized spacial score (nSPS) is 18.8. The number of aliphatic hydroxyl groups excluding tert-OH is 1. The molecule has 0 radical (unpaired) electrons. The van der Waals surface area contributed by atoms with Gasteiger partial charge in [0.25, 0.3) is 0 Å². The fraction of sp³-hybridized carbons (Fsp3) is 0.667. The molecule has 2 rings (SSSR count). The van der Waals surface area contributed by atoms with Crippen molar-refractivity contribution in [3.63, 3.8) is 0 Å². The monoisotopic (exact) mass is 291 g/mol. The molecule has 1 atom stereocenters. The van der Waals surface area contributed by atoms with Crippen molar-refractivity contribution in [1.29, 1.82) is 0 Å². The Morgan fingerprint density at radius 3 is 2.62 bits per heavy atom. The maximum atomic E-state index is 10.3. The first-order chi connectivity index (χ1) is 10.3. The predicted octanol–water partition coefficient (Wildman–Crippen LogP) is 3.82. The average molecular weight is 291 g/mol. The first-order valence-corrected chi connectivity index (χ1v) is 8.35. The van der Waals surface area contributed by atoms with Crippen molar-refractivity contribution in [3.05, 3.63) is 29.8 Å². The van der Waals surface area contributed by atoms with Crippen LogP contribution in [-0.2, 0) is 0 Å². The third kappa shape index (κ3) is 5.68. The second-order valence-corrected chi connectivity index (χ2v) is 6.08. The van der Waals surface area contributed by atoms with E-state index < -0.39 is 6.10 Å². The van der Waals surface area contributed by atoms with Gasteiger partial charge in [-0.15, -0.1) is 0 Å². The second kappa shape index (κ2) is 9.06. The molecule has 21 heavy (non-hydrogen) atoms. The summed E-state index contributed by atoms with van der Waals surface area (Å²) in [6, 6.07) is 8.36. The Bertz CT molecular complexity index is 400. The van der Waals surface area contributed by atoms with Gasteiger partial charge in [0, 0.05) is 6.04 Å². The minimum Gasteiger partial charge on any atom is -0.497 e. The summed E-state index contributed by atoms with van der Waals surface area (Å²) < 4.78 is 5.20. The molecule has 1 aromatic carbocycles. The molecule has 1 saturated carbocycles. The van der Waals surface area contributed by atoms with E-state index in [1.807, 2.05) is 24.3 Å². The molecule has 1 aliphatic rings. The van der Waals surface area contributed by atoms with Crippen molar-refractivity contribution in [1.82, 2.24) is 5.32 Å². The highest BCUT2D eigenvalue weighted by atomic mass is 16.5. The second-order valence-electron chi connectivity index (χ2n) is 6.08. The van der Waals surface area contributed by atoms with Gasteiger partial charge in [-0.05, 0) is 43.5 Å². The quantitative estimate of drug-likeness (QED) is 0.837. The van der Waals surface area contributed by atoms with Gasteiger partial charge in [0.1, 0.15) is 5.75 Å². The molecule has 1 aromatic rings. The van der Waals surface area contributed by atoms with E-state index in [0.717, 1.165) is 24.3 Å². The molecule has 2 N–H and O–H groups in total. The van der Waals surface area contributed by atoms with Crippen LogP contribution in [0.25, 0.3) is 0 Å². The molecular formula is C18H29NO2. The maximum absolute atomic E-state index is 10.3. The molecule has 3 heteroatoms. The maximum Gasteiger partial charge on any atom is 0.119 e. The van der Waals surface area contributed by atoms with Crippen LogP contribution in [0.5, 0.6) is 5.75 Å². The van der Waals surface area contributed by atoms with E-state index in [4.69, 9.17) is 4.74 Å². The smallest absolute Gasteiger partial charge is 0.119 e. The molecule has 1 fully saturated rings. The van der Waals surface area contributed by atoms with Crippen LogP contribution in [0, 0.1) is 0 Å². The molecule has 1 aliphatic carbocycles. The fourth-order valence-corrected chi connectivity index (χ4v) is 3.10. The highest BCUT2D eigenvalue weighted by molar-refractivity contribution is 5.29. The fourth-order valence-electron chi connectivity index (χ4n) is 3.10. The molecule has 0 saturated heterocycles. The standard InChI is InChI=1S/C18H29NO2/c1-21-17-11-7-8-15(14-17)18(20)12-13-19-16-9-5-3-2-4-6-10-16/h7-8,11,14,16,18-20H,2-6,9-10,12-13H2,1H3. The molecule has 0 aromatic heterocycles. The molecule has 0 aliphatic heterocycles. The predicted molar refractivity (Wildman–Crippen MR) is 86.7 cm³/mol. The third-order valence-corrected chi connectivity index (χ3v) is 4.43. The summed E-state index contributed by atoms with van der Waals surface area (Å²) in [6.07, 6.45) is 9.76. The molecule has 3 nitrogen and oxygen atoms in total. The van der Waals surface area contributed by atoms with Gasteiger partial charge in [-0.1, -0.05) is 44.2 Å². The van der Waals surface area contributed by atoms with Crippen LogP contribution in [0.15, 0.2) is 24.3 Å². The number of benzene rings is 1. The number of hydrogen-bond donors (Lipinski definition) is 2. The molecule has 1 unspecified atom stereocenters. The zero-order valence-electron chi connectivity index (χ0n) is 13.2. The van der Waals surface area contributed by atoms with Crippen LogP contribution in [-0.4, -0.2) is 24.8 Å². The number of nitrogens with one attached hydrogen (secondary N) is 1. The van der Waals surface area contributed by atoms with Gasteiger partial charge >= 0.3 is 0 Å². The van der Waals surface area contributed by atoms with Crippen molar-refractivity contribution in [2.75, 3.05) is 13.7 Å². The number of aliphatic hydroxyl groups is 1. The topological polar surface area (TPSA) is 41.5 Å². The van der Waals surface area contributed by atoms with Crippen LogP contribution in [0.1, 0.15) is 63.0 Å². The number of hydrogen-bond acceptors (Lipinski definition) is 3. The molecule has 118 valence electrons. The molecule has 0 amide bonds. The lowest BCUT2D eigenvalue weighted by Gasteiger charge is -2.22. The van der Waals surface area contributed by atoms with E-state index in [9.17, 15) is 5.11 Å². The Labute approximate surface area is 128 Å². The van der Waals surface area contributed by atoms with Gasteiger partial charge in [-0.2, -0.15) is 0 Å². The van der Waals surface area contributed by atoms with E-state index in [0.29, 0.717) is 6.04 Å². The van der Waals surface area contributed by atoms with Crippen molar-refractivity contribution < 1.29 is 9.84 Å². The first kappa shape index (κ1) is 16.3. The van der Waals surface area contributed by atoms with E-state index in [1.54, 1.807) is 7.11 Å². The molecule has 0 bridgehead atoms. The Balaban J connectivity index is 1.73. The highest BCUT2D eigenvalue weighted by Crippen LogP contribution is 2.22. The van der Waals surface area contributed by atoms with Crippen LogP contribution in [0.3, 0.4) is 0 Å².